The van der Waals surface area contributed by atoms with Crippen molar-refractivity contribution in [3.63, 3.8) is 0 Å². The van der Waals surface area contributed by atoms with E-state index < -0.39 is 0 Å². The van der Waals surface area contributed by atoms with Crippen molar-refractivity contribution in [2.75, 3.05) is 0 Å². The maximum atomic E-state index is 9.53. The van der Waals surface area contributed by atoms with E-state index in [1.165, 1.54) is 18.2 Å². The van der Waals surface area contributed by atoms with Gasteiger partial charge in [-0.05, 0) is 50.1 Å². The zero-order chi connectivity index (χ0) is 13.1. The molecule has 0 saturated heterocycles. The van der Waals surface area contributed by atoms with Gasteiger partial charge in [-0.3, -0.25) is 0 Å². The van der Waals surface area contributed by atoms with Gasteiger partial charge in [0.05, 0.1) is 4.47 Å². The molecule has 2 aromatic rings. The molecule has 0 saturated carbocycles. The van der Waals surface area contributed by atoms with Gasteiger partial charge in [0, 0.05) is 16.7 Å². The lowest BCUT2D eigenvalue weighted by Gasteiger charge is -1.99. The van der Waals surface area contributed by atoms with Crippen molar-refractivity contribution in [2.45, 2.75) is 0 Å². The number of pyridine rings is 1. The van der Waals surface area contributed by atoms with Crippen LogP contribution in [0.5, 0.6) is 11.5 Å². The molecule has 0 unspecified atom stereocenters. The summed E-state index contributed by atoms with van der Waals surface area (Å²) in [5, 5.41) is 26.4. The van der Waals surface area contributed by atoms with Crippen molar-refractivity contribution in [1.82, 2.24) is 4.98 Å². The Hall–Kier alpha value is -1.47. The minimum absolute atomic E-state index is 0.0330. The summed E-state index contributed by atoms with van der Waals surface area (Å²) in [5.74, 6) is 0.215. The number of halogens is 2. The van der Waals surface area contributed by atoms with E-state index in [-0.39, 0.29) is 17.2 Å². The number of hydrogen-bond acceptors (Lipinski definition) is 5. The first kappa shape index (κ1) is 13.0. The van der Waals surface area contributed by atoms with Crippen molar-refractivity contribution in [2.24, 2.45) is 10.2 Å². The van der Waals surface area contributed by atoms with Gasteiger partial charge >= 0.3 is 0 Å². The minimum atomic E-state index is -0.146. The van der Waals surface area contributed by atoms with Gasteiger partial charge in [0.1, 0.15) is 17.2 Å². The molecule has 0 aliphatic rings. The molecule has 2 N–H and O–H groups in total. The van der Waals surface area contributed by atoms with Crippen molar-refractivity contribution >= 4 is 43.4 Å². The Balaban J connectivity index is 2.30. The van der Waals surface area contributed by atoms with E-state index >= 15 is 0 Å². The van der Waals surface area contributed by atoms with Crippen molar-refractivity contribution in [3.05, 3.63) is 39.4 Å². The molecule has 1 aromatic carbocycles. The molecule has 5 nitrogen and oxygen atoms in total. The Labute approximate surface area is 119 Å². The number of rotatable bonds is 2. The van der Waals surface area contributed by atoms with E-state index in [0.29, 0.717) is 10.3 Å². The van der Waals surface area contributed by atoms with Gasteiger partial charge in [0.25, 0.3) is 0 Å². The highest BCUT2D eigenvalue weighted by Crippen LogP contribution is 2.32. The predicted octanol–water partition coefficient (Wildman–Crippen LogP) is 4.43. The van der Waals surface area contributed by atoms with Crippen LogP contribution in [0.1, 0.15) is 0 Å². The molecule has 92 valence electrons. The highest BCUT2D eigenvalue weighted by molar-refractivity contribution is 9.11. The average molecular weight is 373 g/mol. The first-order valence-electron chi connectivity index (χ1n) is 4.81. The van der Waals surface area contributed by atoms with E-state index in [9.17, 15) is 5.11 Å². The van der Waals surface area contributed by atoms with Crippen molar-refractivity contribution < 1.29 is 10.2 Å². The summed E-state index contributed by atoms with van der Waals surface area (Å²) < 4.78 is 1.50. The van der Waals surface area contributed by atoms with E-state index in [2.05, 4.69) is 47.1 Å². The van der Waals surface area contributed by atoms with Gasteiger partial charge in [0.2, 0.25) is 0 Å². The average Bonchev–Trinajstić information content (AvgIpc) is 2.30. The first-order chi connectivity index (χ1) is 8.56. The standard InChI is InChI=1S/C11H7Br2N3O2/c12-6-3-8(13)11(14-5-6)16-15-9-2-1-7(17)4-10(9)18/h1-5,17-18H. The number of phenols is 2. The summed E-state index contributed by atoms with van der Waals surface area (Å²) in [6.07, 6.45) is 1.59. The molecule has 0 aliphatic carbocycles. The number of aromatic hydroxyl groups is 2. The van der Waals surface area contributed by atoms with Crippen LogP contribution in [0, 0.1) is 0 Å². The number of nitrogens with zero attached hydrogens (tertiary/aromatic N) is 3. The van der Waals surface area contributed by atoms with E-state index in [0.717, 1.165) is 4.47 Å². The van der Waals surface area contributed by atoms with Crippen LogP contribution in [0.2, 0.25) is 0 Å². The topological polar surface area (TPSA) is 78.1 Å². The largest absolute Gasteiger partial charge is 0.508 e. The zero-order valence-electron chi connectivity index (χ0n) is 8.88. The molecule has 0 spiro atoms. The Kier molecular flexibility index (Phi) is 3.93. The molecule has 0 aliphatic heterocycles. The molecule has 1 aromatic heterocycles. The fourth-order valence-corrected chi connectivity index (χ4v) is 2.25. The molecule has 0 bridgehead atoms. The van der Waals surface area contributed by atoms with Crippen LogP contribution < -0.4 is 0 Å². The zero-order valence-corrected chi connectivity index (χ0v) is 12.1. The molecular weight excluding hydrogens is 366 g/mol. The second-order valence-electron chi connectivity index (χ2n) is 3.33. The maximum Gasteiger partial charge on any atom is 0.188 e. The third kappa shape index (κ3) is 3.05. The summed E-state index contributed by atoms with van der Waals surface area (Å²) in [7, 11) is 0. The number of aromatic nitrogens is 1. The molecule has 0 amide bonds. The summed E-state index contributed by atoms with van der Waals surface area (Å²) in [6, 6.07) is 5.86. The summed E-state index contributed by atoms with van der Waals surface area (Å²) in [6.45, 7) is 0. The predicted molar refractivity (Wildman–Crippen MR) is 73.6 cm³/mol. The highest BCUT2D eigenvalue weighted by atomic mass is 79.9. The molecule has 0 radical (unpaired) electrons. The Bertz CT molecular complexity index is 564. The first-order valence-corrected chi connectivity index (χ1v) is 6.39. The number of phenolic OH excluding ortho intramolecular Hbond substituents is 2. The van der Waals surface area contributed by atoms with Gasteiger partial charge in [-0.2, -0.15) is 0 Å². The molecule has 18 heavy (non-hydrogen) atoms. The smallest absolute Gasteiger partial charge is 0.188 e. The Morgan fingerprint density at radius 2 is 1.83 bits per heavy atom. The van der Waals surface area contributed by atoms with Gasteiger partial charge in [-0.25, -0.2) is 4.98 Å². The Morgan fingerprint density at radius 1 is 1.06 bits per heavy atom. The monoisotopic (exact) mass is 371 g/mol. The lowest BCUT2D eigenvalue weighted by molar-refractivity contribution is 0.451. The van der Waals surface area contributed by atoms with Crippen LogP contribution in [-0.4, -0.2) is 15.2 Å². The molecule has 0 atom stereocenters. The van der Waals surface area contributed by atoms with Gasteiger partial charge in [-0.15, -0.1) is 10.2 Å². The molecule has 2 rings (SSSR count). The molecule has 0 fully saturated rings. The fourth-order valence-electron chi connectivity index (χ4n) is 1.18. The third-order valence-corrected chi connectivity index (χ3v) is 3.02. The molecule has 1 heterocycles. The number of benzene rings is 1. The lowest BCUT2D eigenvalue weighted by atomic mass is 10.3. The second-order valence-corrected chi connectivity index (χ2v) is 5.10. The highest BCUT2D eigenvalue weighted by Gasteiger charge is 2.03. The SMILES string of the molecule is Oc1ccc(N=Nc2ncc(Br)cc2Br)c(O)c1. The third-order valence-electron chi connectivity index (χ3n) is 2.00. The minimum Gasteiger partial charge on any atom is -0.508 e. The van der Waals surface area contributed by atoms with Crippen LogP contribution >= 0.6 is 31.9 Å². The Morgan fingerprint density at radius 3 is 2.50 bits per heavy atom. The van der Waals surface area contributed by atoms with Crippen LogP contribution in [0.15, 0.2) is 49.6 Å². The number of hydrogen-bond donors (Lipinski definition) is 2. The second kappa shape index (κ2) is 5.45. The summed E-state index contributed by atoms with van der Waals surface area (Å²) in [5.41, 5.74) is 0.254. The van der Waals surface area contributed by atoms with Crippen LogP contribution in [0.25, 0.3) is 0 Å². The van der Waals surface area contributed by atoms with Crippen LogP contribution in [0.3, 0.4) is 0 Å². The molecular formula is C11H7Br2N3O2. The summed E-state index contributed by atoms with van der Waals surface area (Å²) >= 11 is 6.58. The van der Waals surface area contributed by atoms with Gasteiger partial charge in [0.15, 0.2) is 5.82 Å². The van der Waals surface area contributed by atoms with E-state index in [1.807, 2.05) is 0 Å². The quantitative estimate of drug-likeness (QED) is 0.765. The van der Waals surface area contributed by atoms with Crippen LogP contribution in [0.4, 0.5) is 11.5 Å². The summed E-state index contributed by atoms with van der Waals surface area (Å²) in [4.78, 5) is 4.05. The van der Waals surface area contributed by atoms with Crippen molar-refractivity contribution in [3.8, 4) is 11.5 Å². The van der Waals surface area contributed by atoms with Crippen LogP contribution in [-0.2, 0) is 0 Å². The normalized spacial score (nSPS) is 11.0. The maximum absolute atomic E-state index is 9.53. The van der Waals surface area contributed by atoms with Crippen molar-refractivity contribution in [1.29, 1.82) is 0 Å². The van der Waals surface area contributed by atoms with Gasteiger partial charge in [-0.1, -0.05) is 0 Å². The van der Waals surface area contributed by atoms with E-state index in [1.54, 1.807) is 12.3 Å². The number of azo groups is 1. The van der Waals surface area contributed by atoms with E-state index in [4.69, 9.17) is 5.11 Å². The molecule has 7 heteroatoms. The van der Waals surface area contributed by atoms with Gasteiger partial charge < -0.3 is 10.2 Å². The fraction of sp³-hybridized carbons (Fsp3) is 0. The lowest BCUT2D eigenvalue weighted by Crippen LogP contribution is -1.76.